The van der Waals surface area contributed by atoms with E-state index >= 15 is 0 Å². The average Bonchev–Trinajstić information content (AvgIpc) is 2.46. The van der Waals surface area contributed by atoms with Crippen LogP contribution in [0.4, 0.5) is 0 Å². The van der Waals surface area contributed by atoms with Crippen molar-refractivity contribution in [1.82, 2.24) is 9.88 Å². The smallest absolute Gasteiger partial charge is 0.308 e. The Bertz CT molecular complexity index is 554. The van der Waals surface area contributed by atoms with Crippen molar-refractivity contribution in [3.63, 3.8) is 0 Å². The molecule has 1 aromatic heterocycles. The van der Waals surface area contributed by atoms with Gasteiger partial charge in [0, 0.05) is 19.2 Å². The highest BCUT2D eigenvalue weighted by Gasteiger charge is 2.27. The van der Waals surface area contributed by atoms with Gasteiger partial charge in [-0.2, -0.15) is 0 Å². The van der Waals surface area contributed by atoms with Gasteiger partial charge >= 0.3 is 5.97 Å². The Labute approximate surface area is 115 Å². The van der Waals surface area contributed by atoms with E-state index in [2.05, 4.69) is 9.72 Å². The van der Waals surface area contributed by atoms with Crippen LogP contribution in [-0.2, 0) is 14.3 Å². The minimum absolute atomic E-state index is 0.103. The summed E-state index contributed by atoms with van der Waals surface area (Å²) in [7, 11) is 1.31. The van der Waals surface area contributed by atoms with Crippen molar-refractivity contribution < 1.29 is 19.1 Å². The lowest BCUT2D eigenvalue weighted by Gasteiger charge is -2.32. The molecule has 0 bridgehead atoms. The summed E-state index contributed by atoms with van der Waals surface area (Å²) >= 11 is 0. The van der Waals surface area contributed by atoms with Crippen molar-refractivity contribution >= 4 is 11.9 Å². The molecule has 1 saturated heterocycles. The number of nitrogens with one attached hydrogen (secondary N) is 1. The molecule has 0 saturated carbocycles. The zero-order valence-electron chi connectivity index (χ0n) is 11.1. The standard InChI is InChI=1S/C13H16N2O5/c1-19-12(17)7-9-8-15(5-6-20-9)13(18)10-3-2-4-11(16)14-10/h2-4,9H,5-8H2,1H3,(H,14,16). The molecule has 1 aliphatic heterocycles. The van der Waals surface area contributed by atoms with Crippen LogP contribution < -0.4 is 5.56 Å². The molecule has 0 radical (unpaired) electrons. The van der Waals surface area contributed by atoms with Crippen molar-refractivity contribution in [3.05, 3.63) is 34.2 Å². The Balaban J connectivity index is 2.03. The van der Waals surface area contributed by atoms with Gasteiger partial charge in [-0.25, -0.2) is 0 Å². The predicted octanol–water partition coefficient (Wildman–Crippen LogP) is -0.221. The molecule has 0 spiro atoms. The fraction of sp³-hybridized carbons (Fsp3) is 0.462. The predicted molar refractivity (Wildman–Crippen MR) is 69.3 cm³/mol. The number of carbonyl (C=O) groups is 2. The molecule has 1 amide bonds. The topological polar surface area (TPSA) is 88.7 Å². The molecule has 1 unspecified atom stereocenters. The second-order valence-electron chi connectivity index (χ2n) is 4.45. The molecule has 7 nitrogen and oxygen atoms in total. The number of hydrogen-bond acceptors (Lipinski definition) is 5. The van der Waals surface area contributed by atoms with Crippen molar-refractivity contribution in [2.45, 2.75) is 12.5 Å². The molecule has 1 atom stereocenters. The number of hydrogen-bond donors (Lipinski definition) is 1. The van der Waals surface area contributed by atoms with Crippen molar-refractivity contribution in [3.8, 4) is 0 Å². The zero-order valence-corrected chi connectivity index (χ0v) is 11.1. The lowest BCUT2D eigenvalue weighted by molar-refractivity contribution is -0.145. The number of amides is 1. The van der Waals surface area contributed by atoms with E-state index in [1.54, 1.807) is 11.0 Å². The molecule has 7 heteroatoms. The molecule has 1 aliphatic rings. The van der Waals surface area contributed by atoms with Gasteiger partial charge in [0.05, 0.1) is 26.2 Å². The molecular weight excluding hydrogens is 264 g/mol. The first-order valence-corrected chi connectivity index (χ1v) is 6.27. The number of methoxy groups -OCH3 is 1. The first-order valence-electron chi connectivity index (χ1n) is 6.27. The van der Waals surface area contributed by atoms with Crippen LogP contribution in [0.2, 0.25) is 0 Å². The number of ether oxygens (including phenoxy) is 2. The molecule has 0 aliphatic carbocycles. The average molecular weight is 280 g/mol. The summed E-state index contributed by atoms with van der Waals surface area (Å²) in [5, 5.41) is 0. The molecule has 2 heterocycles. The van der Waals surface area contributed by atoms with Crippen LogP contribution in [-0.4, -0.2) is 54.7 Å². The Morgan fingerprint density at radius 3 is 3.00 bits per heavy atom. The van der Waals surface area contributed by atoms with Crippen LogP contribution in [0.15, 0.2) is 23.0 Å². The molecule has 20 heavy (non-hydrogen) atoms. The minimum Gasteiger partial charge on any atom is -0.469 e. The lowest BCUT2D eigenvalue weighted by atomic mass is 10.2. The Hall–Kier alpha value is -2.15. The fourth-order valence-corrected chi connectivity index (χ4v) is 2.04. The Morgan fingerprint density at radius 2 is 2.30 bits per heavy atom. The number of carbonyl (C=O) groups excluding carboxylic acids is 2. The molecule has 1 fully saturated rings. The first-order chi connectivity index (χ1) is 9.60. The summed E-state index contributed by atoms with van der Waals surface area (Å²) < 4.78 is 10.0. The lowest BCUT2D eigenvalue weighted by Crippen LogP contribution is -2.46. The third-order valence-corrected chi connectivity index (χ3v) is 3.05. The number of rotatable bonds is 3. The van der Waals surface area contributed by atoms with Crippen molar-refractivity contribution in [2.75, 3.05) is 26.8 Å². The third kappa shape index (κ3) is 3.45. The quantitative estimate of drug-likeness (QED) is 0.773. The van der Waals surface area contributed by atoms with Crippen LogP contribution in [0.1, 0.15) is 16.9 Å². The number of aromatic nitrogens is 1. The highest BCUT2D eigenvalue weighted by molar-refractivity contribution is 5.92. The maximum absolute atomic E-state index is 12.2. The Kier molecular flexibility index (Phi) is 4.52. The van der Waals surface area contributed by atoms with Crippen molar-refractivity contribution in [1.29, 1.82) is 0 Å². The summed E-state index contributed by atoms with van der Waals surface area (Å²) in [4.78, 5) is 38.7. The number of nitrogens with zero attached hydrogens (tertiary/aromatic N) is 1. The number of aromatic amines is 1. The van der Waals surface area contributed by atoms with E-state index in [4.69, 9.17) is 4.74 Å². The second kappa shape index (κ2) is 6.33. The highest BCUT2D eigenvalue weighted by Crippen LogP contribution is 2.11. The van der Waals surface area contributed by atoms with Crippen LogP contribution in [0.5, 0.6) is 0 Å². The maximum Gasteiger partial charge on any atom is 0.308 e. The SMILES string of the molecule is COC(=O)CC1CN(C(=O)c2cccc(=O)[nH]2)CCO1. The van der Waals surface area contributed by atoms with Gasteiger partial charge < -0.3 is 19.4 Å². The largest absolute Gasteiger partial charge is 0.469 e. The van der Waals surface area contributed by atoms with Gasteiger partial charge in [0.2, 0.25) is 5.56 Å². The molecular formula is C13H16N2O5. The number of pyridine rings is 1. The van der Waals surface area contributed by atoms with E-state index in [0.717, 1.165) is 0 Å². The first kappa shape index (κ1) is 14.3. The molecule has 1 N–H and O–H groups in total. The zero-order chi connectivity index (χ0) is 14.5. The molecule has 0 aromatic carbocycles. The summed E-state index contributed by atoms with van der Waals surface area (Å²) in [5.41, 5.74) is -0.0913. The van der Waals surface area contributed by atoms with Gasteiger partial charge in [-0.15, -0.1) is 0 Å². The van der Waals surface area contributed by atoms with Crippen LogP contribution >= 0.6 is 0 Å². The van der Waals surface area contributed by atoms with Crippen LogP contribution in [0, 0.1) is 0 Å². The minimum atomic E-state index is -0.379. The van der Waals surface area contributed by atoms with E-state index in [9.17, 15) is 14.4 Å². The fourth-order valence-electron chi connectivity index (χ4n) is 2.04. The van der Waals surface area contributed by atoms with E-state index in [-0.39, 0.29) is 35.7 Å². The van der Waals surface area contributed by atoms with Gasteiger partial charge in [-0.3, -0.25) is 14.4 Å². The number of H-pyrrole nitrogens is 1. The monoisotopic (exact) mass is 280 g/mol. The van der Waals surface area contributed by atoms with Gasteiger partial charge in [-0.1, -0.05) is 6.07 Å². The number of morpholine rings is 1. The van der Waals surface area contributed by atoms with Crippen LogP contribution in [0.3, 0.4) is 0 Å². The molecule has 1 aromatic rings. The van der Waals surface area contributed by atoms with Gasteiger partial charge in [0.1, 0.15) is 5.69 Å². The normalized spacial score (nSPS) is 18.6. The van der Waals surface area contributed by atoms with E-state index < -0.39 is 0 Å². The van der Waals surface area contributed by atoms with E-state index in [1.165, 1.54) is 19.2 Å². The number of esters is 1. The third-order valence-electron chi connectivity index (χ3n) is 3.05. The maximum atomic E-state index is 12.2. The van der Waals surface area contributed by atoms with Crippen molar-refractivity contribution in [2.24, 2.45) is 0 Å². The summed E-state index contributed by atoms with van der Waals surface area (Å²) in [6.45, 7) is 1.07. The van der Waals surface area contributed by atoms with Gasteiger partial charge in [-0.05, 0) is 6.07 Å². The highest BCUT2D eigenvalue weighted by atomic mass is 16.5. The summed E-state index contributed by atoms with van der Waals surface area (Å²) in [6, 6.07) is 4.42. The Morgan fingerprint density at radius 1 is 1.50 bits per heavy atom. The van der Waals surface area contributed by atoms with Gasteiger partial charge in [0.25, 0.3) is 5.91 Å². The summed E-state index contributed by atoms with van der Waals surface area (Å²) in [6.07, 6.45) is -0.276. The van der Waals surface area contributed by atoms with E-state index in [0.29, 0.717) is 19.7 Å². The molecule has 2 rings (SSSR count). The van der Waals surface area contributed by atoms with Crippen LogP contribution in [0.25, 0.3) is 0 Å². The molecule has 108 valence electrons. The van der Waals surface area contributed by atoms with Gasteiger partial charge in [0.15, 0.2) is 0 Å². The second-order valence-corrected chi connectivity index (χ2v) is 4.45. The van der Waals surface area contributed by atoms with E-state index in [1.807, 2.05) is 0 Å². The summed E-state index contributed by atoms with van der Waals surface area (Å²) in [5.74, 6) is -0.654.